The van der Waals surface area contributed by atoms with Crippen LogP contribution in [0.15, 0.2) is 18.3 Å². The molecule has 1 heterocycles. The molecule has 0 aliphatic heterocycles. The zero-order valence-corrected chi connectivity index (χ0v) is 12.7. The van der Waals surface area contributed by atoms with Crippen LogP contribution in [0.2, 0.25) is 0 Å². The SMILES string of the molecule is CCNC(c1ccc(C)nc1)C1CCCCC1CC. The minimum Gasteiger partial charge on any atom is -0.310 e. The highest BCUT2D eigenvalue weighted by Gasteiger charge is 2.31. The van der Waals surface area contributed by atoms with Crippen molar-refractivity contribution in [3.8, 4) is 0 Å². The first kappa shape index (κ1) is 14.5. The van der Waals surface area contributed by atoms with Crippen LogP contribution in [-0.4, -0.2) is 11.5 Å². The fraction of sp³-hybridized carbons (Fsp3) is 0.706. The van der Waals surface area contributed by atoms with Crippen LogP contribution >= 0.6 is 0 Å². The van der Waals surface area contributed by atoms with Gasteiger partial charge < -0.3 is 5.32 Å². The number of hydrogen-bond donors (Lipinski definition) is 1. The highest BCUT2D eigenvalue weighted by molar-refractivity contribution is 5.18. The summed E-state index contributed by atoms with van der Waals surface area (Å²) < 4.78 is 0. The van der Waals surface area contributed by atoms with E-state index in [1.165, 1.54) is 37.7 Å². The largest absolute Gasteiger partial charge is 0.310 e. The third-order valence-corrected chi connectivity index (χ3v) is 4.64. The number of aryl methyl sites for hydroxylation is 1. The lowest BCUT2D eigenvalue weighted by atomic mass is 9.72. The molecule has 0 spiro atoms. The predicted octanol–water partition coefficient (Wildman–Crippen LogP) is 4.26. The topological polar surface area (TPSA) is 24.9 Å². The van der Waals surface area contributed by atoms with Crippen LogP contribution in [0.1, 0.15) is 63.3 Å². The lowest BCUT2D eigenvalue weighted by molar-refractivity contribution is 0.176. The molecular formula is C17H28N2. The fourth-order valence-corrected chi connectivity index (χ4v) is 3.58. The number of aromatic nitrogens is 1. The van der Waals surface area contributed by atoms with Gasteiger partial charge in [-0.15, -0.1) is 0 Å². The summed E-state index contributed by atoms with van der Waals surface area (Å²) in [6.45, 7) is 7.64. The molecule has 0 bridgehead atoms. The first-order valence-electron chi connectivity index (χ1n) is 7.92. The Hall–Kier alpha value is -0.890. The van der Waals surface area contributed by atoms with Crippen LogP contribution in [0.5, 0.6) is 0 Å². The zero-order valence-electron chi connectivity index (χ0n) is 12.7. The summed E-state index contributed by atoms with van der Waals surface area (Å²) >= 11 is 0. The van der Waals surface area contributed by atoms with Gasteiger partial charge in [-0.1, -0.05) is 45.6 Å². The van der Waals surface area contributed by atoms with Crippen molar-refractivity contribution in [1.29, 1.82) is 0 Å². The standard InChI is InChI=1S/C17H28N2/c1-4-14-8-6-7-9-16(14)17(18-5-2)15-11-10-13(3)19-12-15/h10-12,14,16-18H,4-9H2,1-3H3. The maximum Gasteiger partial charge on any atom is 0.0372 e. The van der Waals surface area contributed by atoms with E-state index in [1.807, 2.05) is 0 Å². The summed E-state index contributed by atoms with van der Waals surface area (Å²) in [5.74, 6) is 1.65. The molecule has 1 N–H and O–H groups in total. The van der Waals surface area contributed by atoms with Gasteiger partial charge in [0.05, 0.1) is 0 Å². The molecule has 1 saturated carbocycles. The predicted molar refractivity (Wildman–Crippen MR) is 81.1 cm³/mol. The summed E-state index contributed by atoms with van der Waals surface area (Å²) in [6.07, 6.45) is 8.96. The quantitative estimate of drug-likeness (QED) is 0.855. The van der Waals surface area contributed by atoms with Crippen LogP contribution in [0.3, 0.4) is 0 Å². The van der Waals surface area contributed by atoms with Crippen LogP contribution in [0, 0.1) is 18.8 Å². The number of hydrogen-bond acceptors (Lipinski definition) is 2. The minimum atomic E-state index is 0.489. The second kappa shape index (κ2) is 7.04. The van der Waals surface area contributed by atoms with Gasteiger partial charge >= 0.3 is 0 Å². The summed E-state index contributed by atoms with van der Waals surface area (Å²) in [4.78, 5) is 4.49. The Balaban J connectivity index is 2.20. The van der Waals surface area contributed by atoms with E-state index in [9.17, 15) is 0 Å². The van der Waals surface area contributed by atoms with E-state index in [0.717, 1.165) is 24.1 Å². The highest BCUT2D eigenvalue weighted by atomic mass is 14.9. The molecular weight excluding hydrogens is 232 g/mol. The smallest absolute Gasteiger partial charge is 0.0372 e. The van der Waals surface area contributed by atoms with Crippen molar-refractivity contribution in [3.63, 3.8) is 0 Å². The molecule has 0 aromatic carbocycles. The molecule has 1 aliphatic rings. The molecule has 1 aliphatic carbocycles. The Bertz CT molecular complexity index is 371. The molecule has 2 heteroatoms. The second-order valence-electron chi connectivity index (χ2n) is 5.88. The van der Waals surface area contributed by atoms with Gasteiger partial charge in [0.15, 0.2) is 0 Å². The summed E-state index contributed by atoms with van der Waals surface area (Å²) in [6, 6.07) is 4.89. The van der Waals surface area contributed by atoms with Crippen molar-refractivity contribution in [3.05, 3.63) is 29.6 Å². The molecule has 2 nitrogen and oxygen atoms in total. The summed E-state index contributed by atoms with van der Waals surface area (Å²) in [7, 11) is 0. The fourth-order valence-electron chi connectivity index (χ4n) is 3.58. The normalized spacial score (nSPS) is 25.2. The molecule has 1 aromatic heterocycles. The molecule has 1 aromatic rings. The first-order valence-corrected chi connectivity index (χ1v) is 7.92. The van der Waals surface area contributed by atoms with Crippen molar-refractivity contribution in [2.45, 2.75) is 58.9 Å². The monoisotopic (exact) mass is 260 g/mol. The molecule has 0 amide bonds. The minimum absolute atomic E-state index is 0.489. The van der Waals surface area contributed by atoms with Gasteiger partial charge in [-0.3, -0.25) is 4.98 Å². The highest BCUT2D eigenvalue weighted by Crippen LogP contribution is 2.40. The third kappa shape index (κ3) is 3.56. The van der Waals surface area contributed by atoms with Crippen molar-refractivity contribution < 1.29 is 0 Å². The number of rotatable bonds is 5. The third-order valence-electron chi connectivity index (χ3n) is 4.64. The van der Waals surface area contributed by atoms with Gasteiger partial charge in [-0.05, 0) is 43.4 Å². The first-order chi connectivity index (χ1) is 9.26. The van der Waals surface area contributed by atoms with E-state index in [0.29, 0.717) is 6.04 Å². The number of pyridine rings is 1. The average Bonchev–Trinajstić information content (AvgIpc) is 2.46. The maximum absolute atomic E-state index is 4.49. The number of nitrogens with one attached hydrogen (secondary N) is 1. The maximum atomic E-state index is 4.49. The second-order valence-corrected chi connectivity index (χ2v) is 5.88. The molecule has 3 unspecified atom stereocenters. The Morgan fingerprint density at radius 1 is 1.26 bits per heavy atom. The molecule has 19 heavy (non-hydrogen) atoms. The van der Waals surface area contributed by atoms with Crippen molar-refractivity contribution >= 4 is 0 Å². The number of nitrogens with zero attached hydrogens (tertiary/aromatic N) is 1. The molecule has 106 valence electrons. The molecule has 2 rings (SSSR count). The molecule has 0 radical (unpaired) electrons. The van der Waals surface area contributed by atoms with Gasteiger partial charge in [0.1, 0.15) is 0 Å². The Morgan fingerprint density at radius 3 is 2.68 bits per heavy atom. The zero-order chi connectivity index (χ0) is 13.7. The summed E-state index contributed by atoms with van der Waals surface area (Å²) in [5.41, 5.74) is 2.48. The van der Waals surface area contributed by atoms with Crippen molar-refractivity contribution in [2.24, 2.45) is 11.8 Å². The van der Waals surface area contributed by atoms with E-state index in [4.69, 9.17) is 0 Å². The summed E-state index contributed by atoms with van der Waals surface area (Å²) in [5, 5.41) is 3.71. The van der Waals surface area contributed by atoms with E-state index >= 15 is 0 Å². The van der Waals surface area contributed by atoms with Crippen molar-refractivity contribution in [1.82, 2.24) is 10.3 Å². The Labute approximate surface area is 118 Å². The lowest BCUT2D eigenvalue weighted by Crippen LogP contribution is -2.34. The van der Waals surface area contributed by atoms with Crippen molar-refractivity contribution in [2.75, 3.05) is 6.54 Å². The van der Waals surface area contributed by atoms with Crippen LogP contribution < -0.4 is 5.32 Å². The average molecular weight is 260 g/mol. The van der Waals surface area contributed by atoms with Crippen LogP contribution in [0.4, 0.5) is 0 Å². The van der Waals surface area contributed by atoms with Gasteiger partial charge in [0, 0.05) is 17.9 Å². The Kier molecular flexibility index (Phi) is 5.38. The van der Waals surface area contributed by atoms with E-state index in [-0.39, 0.29) is 0 Å². The van der Waals surface area contributed by atoms with E-state index in [1.54, 1.807) is 0 Å². The van der Waals surface area contributed by atoms with Gasteiger partial charge in [-0.25, -0.2) is 0 Å². The molecule has 0 saturated heterocycles. The van der Waals surface area contributed by atoms with Gasteiger partial charge in [0.2, 0.25) is 0 Å². The van der Waals surface area contributed by atoms with E-state index < -0.39 is 0 Å². The van der Waals surface area contributed by atoms with Gasteiger partial charge in [-0.2, -0.15) is 0 Å². The Morgan fingerprint density at radius 2 is 2.05 bits per heavy atom. The van der Waals surface area contributed by atoms with E-state index in [2.05, 4.69) is 49.4 Å². The lowest BCUT2D eigenvalue weighted by Gasteiger charge is -2.37. The molecule has 1 fully saturated rings. The van der Waals surface area contributed by atoms with Crippen LogP contribution in [-0.2, 0) is 0 Å². The molecule has 3 atom stereocenters. The van der Waals surface area contributed by atoms with Gasteiger partial charge in [0.25, 0.3) is 0 Å². The van der Waals surface area contributed by atoms with Crippen LogP contribution in [0.25, 0.3) is 0 Å².